The van der Waals surface area contributed by atoms with Crippen LogP contribution >= 0.6 is 11.3 Å². The Labute approximate surface area is 256 Å². The zero-order valence-electron chi connectivity index (χ0n) is 25.7. The highest BCUT2D eigenvalue weighted by atomic mass is 32.1. The molecule has 5 rings (SSSR count). The van der Waals surface area contributed by atoms with Crippen LogP contribution in [0.15, 0.2) is 24.5 Å². The van der Waals surface area contributed by atoms with Crippen molar-refractivity contribution < 1.29 is 14.3 Å². The molecule has 2 unspecified atom stereocenters. The highest BCUT2D eigenvalue weighted by Gasteiger charge is 2.45. The summed E-state index contributed by atoms with van der Waals surface area (Å²) in [6.07, 6.45) is 21.9. The average Bonchev–Trinajstić information content (AvgIpc) is 3.46. The summed E-state index contributed by atoms with van der Waals surface area (Å²) < 4.78 is 6.74. The van der Waals surface area contributed by atoms with Crippen molar-refractivity contribution >= 4 is 33.2 Å². The van der Waals surface area contributed by atoms with Crippen molar-refractivity contribution in [3.63, 3.8) is 0 Å². The highest BCUT2D eigenvalue weighted by Crippen LogP contribution is 2.46. The Hall–Kier alpha value is -2.03. The van der Waals surface area contributed by atoms with E-state index < -0.39 is 0 Å². The molecule has 1 saturated carbocycles. The normalized spacial score (nSPS) is 24.1. The summed E-state index contributed by atoms with van der Waals surface area (Å²) in [4.78, 5) is 33.4. The molecule has 3 fully saturated rings. The largest absolute Gasteiger partial charge is 0.384 e. The summed E-state index contributed by atoms with van der Waals surface area (Å²) in [6, 6.07) is 3.86. The highest BCUT2D eigenvalue weighted by molar-refractivity contribution is 7.20. The van der Waals surface area contributed by atoms with Gasteiger partial charge < -0.3 is 20.3 Å². The average molecular weight is 597 g/mol. The van der Waals surface area contributed by atoms with Crippen LogP contribution in [0.3, 0.4) is 0 Å². The van der Waals surface area contributed by atoms with E-state index >= 15 is 0 Å². The van der Waals surface area contributed by atoms with Gasteiger partial charge in [0.05, 0.1) is 22.2 Å². The number of carbonyl (C=O) groups is 2. The smallest absolute Gasteiger partial charge is 0.261 e. The molecule has 0 bridgehead atoms. The van der Waals surface area contributed by atoms with Gasteiger partial charge in [-0.3, -0.25) is 14.6 Å². The van der Waals surface area contributed by atoms with Gasteiger partial charge in [-0.05, 0) is 67.4 Å². The van der Waals surface area contributed by atoms with E-state index in [1.807, 2.05) is 25.4 Å². The molecule has 0 radical (unpaired) electrons. The van der Waals surface area contributed by atoms with Crippen LogP contribution in [0.25, 0.3) is 10.1 Å². The van der Waals surface area contributed by atoms with Crippen molar-refractivity contribution in [2.75, 3.05) is 39.9 Å². The number of ether oxygens (including phenoxy) is 1. The monoisotopic (exact) mass is 596 g/mol. The second kappa shape index (κ2) is 15.6. The fraction of sp³-hybridized carbons (Fsp3) is 0.735. The van der Waals surface area contributed by atoms with Gasteiger partial charge in [-0.2, -0.15) is 0 Å². The summed E-state index contributed by atoms with van der Waals surface area (Å²) in [5.74, 6) is 1.53. The van der Waals surface area contributed by atoms with Crippen molar-refractivity contribution in [3.05, 3.63) is 29.4 Å². The topological polar surface area (TPSA) is 83.6 Å². The van der Waals surface area contributed by atoms with Crippen molar-refractivity contribution in [2.24, 2.45) is 17.3 Å². The number of nitrogens with one attached hydrogen (secondary N) is 2. The van der Waals surface area contributed by atoms with Gasteiger partial charge in [0.1, 0.15) is 0 Å². The van der Waals surface area contributed by atoms with Crippen molar-refractivity contribution in [2.45, 2.75) is 102 Å². The number of thiophene rings is 1. The number of pyridine rings is 1. The molecule has 2 saturated heterocycles. The van der Waals surface area contributed by atoms with Gasteiger partial charge in [-0.25, -0.2) is 0 Å². The number of hydrogen-bond donors (Lipinski definition) is 2. The van der Waals surface area contributed by atoms with E-state index in [0.717, 1.165) is 73.3 Å². The fourth-order valence-electron chi connectivity index (χ4n) is 7.84. The number of nitrogens with zero attached hydrogens (tertiary/aromatic N) is 2. The van der Waals surface area contributed by atoms with Crippen LogP contribution in [0.2, 0.25) is 0 Å². The lowest BCUT2D eigenvalue weighted by atomic mass is 9.63. The Balaban J connectivity index is 1.03. The summed E-state index contributed by atoms with van der Waals surface area (Å²) in [5.41, 5.74) is 0.237. The van der Waals surface area contributed by atoms with Gasteiger partial charge in [-0.1, -0.05) is 57.8 Å². The summed E-state index contributed by atoms with van der Waals surface area (Å²) >= 11 is 1.50. The molecule has 1 aliphatic carbocycles. The van der Waals surface area contributed by atoms with Gasteiger partial charge in [-0.15, -0.1) is 11.3 Å². The van der Waals surface area contributed by atoms with Gasteiger partial charge in [0, 0.05) is 51.6 Å². The minimum absolute atomic E-state index is 0.0140. The number of amides is 2. The second-order valence-corrected chi connectivity index (χ2v) is 14.3. The molecule has 232 valence electrons. The predicted octanol–water partition coefficient (Wildman–Crippen LogP) is 6.57. The first-order chi connectivity index (χ1) is 20.6. The van der Waals surface area contributed by atoms with Crippen LogP contribution in [0.1, 0.15) is 106 Å². The molecule has 3 aliphatic rings. The fourth-order valence-corrected chi connectivity index (χ4v) is 8.79. The van der Waals surface area contributed by atoms with Gasteiger partial charge >= 0.3 is 0 Å². The lowest BCUT2D eigenvalue weighted by Crippen LogP contribution is -2.58. The molecular weight excluding hydrogens is 544 g/mol. The standard InChI is InChI=1S/C34H52N4O3S/c1-41-25-28-23-37-29(22-34(28)15-8-5-3-2-4-6-9-16-34)33(40)38-19-13-26(14-20-38)11-7-10-17-36-32(39)30-21-27-12-18-35-24-31(27)42-30/h12,18,21,24,26,28-29,37H,2-11,13-17,19-20,22-23,25H2,1H3,(H,36,39). The molecule has 2 aliphatic heterocycles. The maximum Gasteiger partial charge on any atom is 0.261 e. The number of methoxy groups -OCH3 is 1. The molecule has 1 spiro atoms. The third-order valence-corrected chi connectivity index (χ3v) is 11.5. The van der Waals surface area contributed by atoms with Crippen LogP contribution in [-0.2, 0) is 9.53 Å². The SMILES string of the molecule is COCC1CNC(C(=O)N2CCC(CCCCNC(=O)c3cc4ccncc4s3)CC2)CC12CCCCCCCCC2. The maximum atomic E-state index is 13.8. The Bertz CT molecular complexity index is 1100. The van der Waals surface area contributed by atoms with Crippen LogP contribution in [0.4, 0.5) is 0 Å². The number of hydrogen-bond acceptors (Lipinski definition) is 6. The zero-order chi connectivity index (χ0) is 29.2. The maximum absolute atomic E-state index is 13.8. The molecule has 2 N–H and O–H groups in total. The second-order valence-electron chi connectivity index (χ2n) is 13.2. The first-order valence-corrected chi connectivity index (χ1v) is 17.5. The first kappa shape index (κ1) is 31.4. The minimum Gasteiger partial charge on any atom is -0.384 e. The Kier molecular flexibility index (Phi) is 11.7. The minimum atomic E-state index is -0.0431. The van der Waals surface area contributed by atoms with E-state index in [-0.39, 0.29) is 17.4 Å². The number of aromatic nitrogens is 1. The van der Waals surface area contributed by atoms with E-state index in [0.29, 0.717) is 24.3 Å². The van der Waals surface area contributed by atoms with E-state index in [1.54, 1.807) is 6.20 Å². The number of likely N-dealkylation sites (tertiary alicyclic amines) is 1. The molecule has 4 heterocycles. The van der Waals surface area contributed by atoms with E-state index in [4.69, 9.17) is 4.74 Å². The van der Waals surface area contributed by atoms with Crippen molar-refractivity contribution in [1.29, 1.82) is 0 Å². The first-order valence-electron chi connectivity index (χ1n) is 16.7. The van der Waals surface area contributed by atoms with Crippen LogP contribution in [0, 0.1) is 17.3 Å². The van der Waals surface area contributed by atoms with Gasteiger partial charge in [0.25, 0.3) is 5.91 Å². The van der Waals surface area contributed by atoms with Crippen LogP contribution < -0.4 is 10.6 Å². The number of fused-ring (bicyclic) bond motifs is 1. The predicted molar refractivity (Wildman–Crippen MR) is 171 cm³/mol. The van der Waals surface area contributed by atoms with Gasteiger partial charge in [0.2, 0.25) is 5.91 Å². The van der Waals surface area contributed by atoms with Crippen LogP contribution in [0.5, 0.6) is 0 Å². The number of rotatable bonds is 9. The number of piperidine rings is 2. The lowest BCUT2D eigenvalue weighted by Gasteiger charge is -2.49. The van der Waals surface area contributed by atoms with Crippen molar-refractivity contribution in [3.8, 4) is 0 Å². The van der Waals surface area contributed by atoms with Gasteiger partial charge in [0.15, 0.2) is 0 Å². The summed E-state index contributed by atoms with van der Waals surface area (Å²) in [7, 11) is 1.83. The number of unbranched alkanes of at least 4 members (excludes halogenated alkanes) is 1. The molecule has 7 nitrogen and oxygen atoms in total. The third kappa shape index (κ3) is 8.11. The Morgan fingerprint density at radius 2 is 1.83 bits per heavy atom. The molecule has 2 atom stereocenters. The summed E-state index contributed by atoms with van der Waals surface area (Å²) in [5, 5.41) is 7.83. The molecule has 0 aromatic carbocycles. The third-order valence-electron chi connectivity index (χ3n) is 10.4. The summed E-state index contributed by atoms with van der Waals surface area (Å²) in [6.45, 7) is 4.17. The Morgan fingerprint density at radius 3 is 2.55 bits per heavy atom. The van der Waals surface area contributed by atoms with Crippen molar-refractivity contribution in [1.82, 2.24) is 20.5 Å². The number of carbonyl (C=O) groups excluding carboxylic acids is 2. The zero-order valence-corrected chi connectivity index (χ0v) is 26.5. The van der Waals surface area contributed by atoms with E-state index in [2.05, 4.69) is 20.5 Å². The molecule has 2 amide bonds. The lowest BCUT2D eigenvalue weighted by molar-refractivity contribution is -0.138. The molecule has 2 aromatic heterocycles. The Morgan fingerprint density at radius 1 is 1.10 bits per heavy atom. The van der Waals surface area contributed by atoms with E-state index in [1.165, 1.54) is 75.5 Å². The quantitative estimate of drug-likeness (QED) is 0.320. The molecule has 2 aromatic rings. The molecule has 8 heteroatoms. The molecule has 42 heavy (non-hydrogen) atoms. The molecular formula is C34H52N4O3S. The van der Waals surface area contributed by atoms with Crippen LogP contribution in [-0.4, -0.2) is 67.6 Å². The van der Waals surface area contributed by atoms with E-state index in [9.17, 15) is 9.59 Å².